The molecule has 0 bridgehead atoms. The molecular weight excluding hydrogens is 200 g/mol. The Morgan fingerprint density at radius 1 is 1.47 bits per heavy atom. The Morgan fingerprint density at radius 3 is 2.80 bits per heavy atom. The fraction of sp³-hybridized carbons (Fsp3) is 0. The van der Waals surface area contributed by atoms with E-state index >= 15 is 0 Å². The molecule has 0 unspecified atom stereocenters. The molecule has 2 rings (SSSR count). The van der Waals surface area contributed by atoms with E-state index in [4.69, 9.17) is 10.8 Å². The SMILES string of the molecule is NC(=O)c1cc(C(=O)O)c2cn[nH]c2n1. The van der Waals surface area contributed by atoms with Gasteiger partial charge in [-0.05, 0) is 6.07 Å². The fourth-order valence-corrected chi connectivity index (χ4v) is 1.23. The van der Waals surface area contributed by atoms with Crippen molar-refractivity contribution in [2.45, 2.75) is 0 Å². The summed E-state index contributed by atoms with van der Waals surface area (Å²) in [6.07, 6.45) is 1.33. The smallest absolute Gasteiger partial charge is 0.336 e. The van der Waals surface area contributed by atoms with Gasteiger partial charge in [0.25, 0.3) is 5.91 Å². The highest BCUT2D eigenvalue weighted by molar-refractivity contribution is 6.04. The molecule has 7 heteroatoms. The van der Waals surface area contributed by atoms with E-state index in [0.29, 0.717) is 5.39 Å². The van der Waals surface area contributed by atoms with Gasteiger partial charge in [-0.3, -0.25) is 9.89 Å². The summed E-state index contributed by atoms with van der Waals surface area (Å²) in [7, 11) is 0. The number of aromatic carboxylic acids is 1. The van der Waals surface area contributed by atoms with Gasteiger partial charge >= 0.3 is 5.97 Å². The first kappa shape index (κ1) is 9.13. The molecule has 0 saturated carbocycles. The van der Waals surface area contributed by atoms with Gasteiger partial charge < -0.3 is 10.8 Å². The van der Waals surface area contributed by atoms with Crippen LogP contribution in [0.25, 0.3) is 11.0 Å². The number of hydrogen-bond acceptors (Lipinski definition) is 4. The molecule has 0 aromatic carbocycles. The van der Waals surface area contributed by atoms with E-state index in [0.717, 1.165) is 6.07 Å². The zero-order chi connectivity index (χ0) is 11.0. The predicted molar refractivity (Wildman–Crippen MR) is 49.4 cm³/mol. The van der Waals surface area contributed by atoms with Crippen molar-refractivity contribution in [1.29, 1.82) is 0 Å². The van der Waals surface area contributed by atoms with E-state index < -0.39 is 11.9 Å². The summed E-state index contributed by atoms with van der Waals surface area (Å²) in [5, 5.41) is 15.3. The van der Waals surface area contributed by atoms with E-state index in [1.54, 1.807) is 0 Å². The lowest BCUT2D eigenvalue weighted by Crippen LogP contribution is -2.14. The normalized spacial score (nSPS) is 10.4. The number of nitrogens with one attached hydrogen (secondary N) is 1. The Morgan fingerprint density at radius 2 is 2.20 bits per heavy atom. The summed E-state index contributed by atoms with van der Waals surface area (Å²) in [6, 6.07) is 1.13. The number of carboxylic acids is 1. The van der Waals surface area contributed by atoms with Crippen molar-refractivity contribution in [1.82, 2.24) is 15.2 Å². The van der Waals surface area contributed by atoms with E-state index in [1.165, 1.54) is 6.20 Å². The number of carbonyl (C=O) groups excluding carboxylic acids is 1. The Balaban J connectivity index is 2.80. The Labute approximate surface area is 82.9 Å². The number of primary amides is 1. The van der Waals surface area contributed by atoms with Crippen LogP contribution in [-0.2, 0) is 0 Å². The number of nitrogens with zero attached hydrogens (tertiary/aromatic N) is 2. The Kier molecular flexibility index (Phi) is 1.86. The molecule has 0 spiro atoms. The van der Waals surface area contributed by atoms with E-state index in [2.05, 4.69) is 15.2 Å². The first-order valence-corrected chi connectivity index (χ1v) is 3.97. The molecule has 0 saturated heterocycles. The van der Waals surface area contributed by atoms with Crippen molar-refractivity contribution >= 4 is 22.9 Å². The second-order valence-electron chi connectivity index (χ2n) is 2.86. The lowest BCUT2D eigenvalue weighted by Gasteiger charge is -1.99. The van der Waals surface area contributed by atoms with Crippen LogP contribution in [0.3, 0.4) is 0 Å². The molecule has 4 N–H and O–H groups in total. The molecule has 0 aliphatic carbocycles. The molecule has 2 aromatic rings. The second-order valence-corrected chi connectivity index (χ2v) is 2.86. The van der Waals surface area contributed by atoms with Crippen LogP contribution in [0.2, 0.25) is 0 Å². The standard InChI is InChI=1S/C8H6N4O3/c9-6(13)5-1-3(8(14)15)4-2-10-12-7(4)11-5/h1-2H,(H2,9,13)(H,14,15)(H,10,11,12). The maximum absolute atomic E-state index is 10.9. The van der Waals surface area contributed by atoms with Crippen molar-refractivity contribution in [2.75, 3.05) is 0 Å². The summed E-state index contributed by atoms with van der Waals surface area (Å²) in [6.45, 7) is 0. The highest BCUT2D eigenvalue weighted by atomic mass is 16.4. The van der Waals surface area contributed by atoms with Gasteiger partial charge in [0.15, 0.2) is 5.65 Å². The zero-order valence-corrected chi connectivity index (χ0v) is 7.39. The number of H-pyrrole nitrogens is 1. The number of rotatable bonds is 2. The van der Waals surface area contributed by atoms with Crippen molar-refractivity contribution in [3.05, 3.63) is 23.5 Å². The average Bonchev–Trinajstić information content (AvgIpc) is 2.62. The molecule has 15 heavy (non-hydrogen) atoms. The fourth-order valence-electron chi connectivity index (χ4n) is 1.23. The van der Waals surface area contributed by atoms with Gasteiger partial charge in [-0.2, -0.15) is 5.10 Å². The van der Waals surface area contributed by atoms with Crippen molar-refractivity contribution in [2.24, 2.45) is 5.73 Å². The van der Waals surface area contributed by atoms with Crippen LogP contribution in [0.15, 0.2) is 12.3 Å². The lowest BCUT2D eigenvalue weighted by molar-refractivity contribution is 0.0699. The minimum atomic E-state index is -1.16. The number of hydrogen-bond donors (Lipinski definition) is 3. The number of pyridine rings is 1. The minimum Gasteiger partial charge on any atom is -0.478 e. The summed E-state index contributed by atoms with van der Waals surface area (Å²) in [5.74, 6) is -1.94. The number of aromatic amines is 1. The van der Waals surface area contributed by atoms with Crippen LogP contribution in [-0.4, -0.2) is 32.2 Å². The predicted octanol–water partition coefficient (Wildman–Crippen LogP) is -0.245. The van der Waals surface area contributed by atoms with E-state index in [1.807, 2.05) is 0 Å². The molecule has 1 amide bonds. The molecule has 2 aromatic heterocycles. The Hall–Kier alpha value is -2.44. The third kappa shape index (κ3) is 1.39. The van der Waals surface area contributed by atoms with Gasteiger partial charge in [0, 0.05) is 0 Å². The third-order valence-electron chi connectivity index (χ3n) is 1.91. The lowest BCUT2D eigenvalue weighted by atomic mass is 10.1. The Bertz CT molecular complexity index is 560. The first-order valence-electron chi connectivity index (χ1n) is 3.97. The topological polar surface area (TPSA) is 122 Å². The zero-order valence-electron chi connectivity index (χ0n) is 7.39. The van der Waals surface area contributed by atoms with Gasteiger partial charge in [0.1, 0.15) is 5.69 Å². The van der Waals surface area contributed by atoms with Crippen molar-refractivity contribution in [3.8, 4) is 0 Å². The molecule has 0 aliphatic heterocycles. The third-order valence-corrected chi connectivity index (χ3v) is 1.91. The summed E-state index contributed by atoms with van der Waals surface area (Å²) < 4.78 is 0. The number of aromatic nitrogens is 3. The number of carboxylic acid groups (broad SMARTS) is 1. The monoisotopic (exact) mass is 206 g/mol. The molecule has 0 atom stereocenters. The second kappa shape index (κ2) is 3.05. The number of nitrogens with two attached hydrogens (primary N) is 1. The molecule has 7 nitrogen and oxygen atoms in total. The van der Waals surface area contributed by atoms with Gasteiger partial charge in [-0.25, -0.2) is 9.78 Å². The van der Waals surface area contributed by atoms with Gasteiger partial charge in [0.05, 0.1) is 17.1 Å². The highest BCUT2D eigenvalue weighted by Gasteiger charge is 2.15. The van der Waals surface area contributed by atoms with Crippen LogP contribution in [0.5, 0.6) is 0 Å². The van der Waals surface area contributed by atoms with Crippen molar-refractivity contribution in [3.63, 3.8) is 0 Å². The van der Waals surface area contributed by atoms with Crippen LogP contribution >= 0.6 is 0 Å². The van der Waals surface area contributed by atoms with E-state index in [9.17, 15) is 9.59 Å². The molecular formula is C8H6N4O3. The molecule has 0 radical (unpaired) electrons. The van der Waals surface area contributed by atoms with E-state index in [-0.39, 0.29) is 16.9 Å². The molecule has 76 valence electrons. The van der Waals surface area contributed by atoms with Crippen LogP contribution < -0.4 is 5.73 Å². The maximum atomic E-state index is 10.9. The van der Waals surface area contributed by atoms with Gasteiger partial charge in [-0.1, -0.05) is 0 Å². The van der Waals surface area contributed by atoms with Crippen LogP contribution in [0.4, 0.5) is 0 Å². The molecule has 2 heterocycles. The molecule has 0 fully saturated rings. The van der Waals surface area contributed by atoms with Crippen LogP contribution in [0.1, 0.15) is 20.8 Å². The van der Waals surface area contributed by atoms with Crippen LogP contribution in [0, 0.1) is 0 Å². The first-order chi connectivity index (χ1) is 7.09. The maximum Gasteiger partial charge on any atom is 0.336 e. The largest absolute Gasteiger partial charge is 0.478 e. The van der Waals surface area contributed by atoms with Gasteiger partial charge in [-0.15, -0.1) is 0 Å². The molecule has 0 aliphatic rings. The average molecular weight is 206 g/mol. The minimum absolute atomic E-state index is 0.0532. The summed E-state index contributed by atoms with van der Waals surface area (Å²) in [5.41, 5.74) is 5.08. The highest BCUT2D eigenvalue weighted by Crippen LogP contribution is 2.15. The number of fused-ring (bicyclic) bond motifs is 1. The summed E-state index contributed by atoms with van der Waals surface area (Å²) >= 11 is 0. The quantitative estimate of drug-likeness (QED) is 0.625. The number of carbonyl (C=O) groups is 2. The van der Waals surface area contributed by atoms with Gasteiger partial charge in [0.2, 0.25) is 0 Å². The summed E-state index contributed by atoms with van der Waals surface area (Å²) in [4.78, 5) is 25.6. The number of amides is 1. The van der Waals surface area contributed by atoms with Crippen molar-refractivity contribution < 1.29 is 14.7 Å².